The van der Waals surface area contributed by atoms with Crippen molar-refractivity contribution in [3.63, 3.8) is 0 Å². The number of halogens is 1. The SMILES string of the molecule is Cl.NC1CC1NC(=O)C1(N)CC1. The van der Waals surface area contributed by atoms with E-state index in [0.717, 1.165) is 19.3 Å². The summed E-state index contributed by atoms with van der Waals surface area (Å²) in [6.07, 6.45) is 2.55. The Bertz CT molecular complexity index is 205. The quantitative estimate of drug-likeness (QED) is 0.530. The lowest BCUT2D eigenvalue weighted by Crippen LogP contribution is -2.44. The van der Waals surface area contributed by atoms with Gasteiger partial charge < -0.3 is 16.8 Å². The highest BCUT2D eigenvalue weighted by atomic mass is 35.5. The molecule has 1 amide bonds. The first kappa shape index (κ1) is 9.77. The largest absolute Gasteiger partial charge is 0.350 e. The van der Waals surface area contributed by atoms with E-state index in [4.69, 9.17) is 11.5 Å². The van der Waals surface area contributed by atoms with Gasteiger partial charge in [0.1, 0.15) is 0 Å². The van der Waals surface area contributed by atoms with Crippen molar-refractivity contribution in [3.05, 3.63) is 0 Å². The molecule has 0 aromatic carbocycles. The van der Waals surface area contributed by atoms with Crippen molar-refractivity contribution in [1.82, 2.24) is 5.32 Å². The normalized spacial score (nSPS) is 34.8. The lowest BCUT2D eigenvalue weighted by Gasteiger charge is -2.08. The molecule has 70 valence electrons. The lowest BCUT2D eigenvalue weighted by molar-refractivity contribution is -0.123. The second-order valence-corrected chi connectivity index (χ2v) is 3.64. The van der Waals surface area contributed by atoms with E-state index in [1.54, 1.807) is 0 Å². The number of nitrogens with one attached hydrogen (secondary N) is 1. The predicted octanol–water partition coefficient (Wildman–Crippen LogP) is -0.885. The summed E-state index contributed by atoms with van der Waals surface area (Å²) in [4.78, 5) is 11.2. The van der Waals surface area contributed by atoms with Gasteiger partial charge in [-0.15, -0.1) is 12.4 Å². The molecule has 0 aromatic heterocycles. The predicted molar refractivity (Wildman–Crippen MR) is 47.9 cm³/mol. The van der Waals surface area contributed by atoms with Gasteiger partial charge in [0.15, 0.2) is 0 Å². The first-order valence-electron chi connectivity index (χ1n) is 3.97. The van der Waals surface area contributed by atoms with Crippen molar-refractivity contribution in [2.45, 2.75) is 36.9 Å². The highest BCUT2D eigenvalue weighted by Gasteiger charge is 2.48. The van der Waals surface area contributed by atoms with Crippen molar-refractivity contribution in [3.8, 4) is 0 Å². The molecule has 2 fully saturated rings. The molecule has 2 aliphatic rings. The van der Waals surface area contributed by atoms with Gasteiger partial charge in [0.25, 0.3) is 0 Å². The third-order valence-corrected chi connectivity index (χ3v) is 2.40. The van der Waals surface area contributed by atoms with E-state index in [9.17, 15) is 4.79 Å². The van der Waals surface area contributed by atoms with Crippen LogP contribution in [0.5, 0.6) is 0 Å². The van der Waals surface area contributed by atoms with Gasteiger partial charge in [0, 0.05) is 12.1 Å². The van der Waals surface area contributed by atoms with Crippen LogP contribution in [0, 0.1) is 0 Å². The van der Waals surface area contributed by atoms with Crippen LogP contribution in [0.4, 0.5) is 0 Å². The van der Waals surface area contributed by atoms with Crippen molar-refractivity contribution in [1.29, 1.82) is 0 Å². The van der Waals surface area contributed by atoms with E-state index in [2.05, 4.69) is 5.32 Å². The van der Waals surface area contributed by atoms with Gasteiger partial charge in [-0.25, -0.2) is 0 Å². The number of hydrogen-bond acceptors (Lipinski definition) is 3. The average Bonchev–Trinajstić information content (AvgIpc) is 2.77. The van der Waals surface area contributed by atoms with Gasteiger partial charge in [-0.05, 0) is 19.3 Å². The molecule has 0 radical (unpaired) electrons. The number of carbonyl (C=O) groups excluding carboxylic acids is 1. The van der Waals surface area contributed by atoms with Crippen molar-refractivity contribution >= 4 is 18.3 Å². The fourth-order valence-electron chi connectivity index (χ4n) is 1.05. The smallest absolute Gasteiger partial charge is 0.240 e. The molecule has 2 saturated carbocycles. The Morgan fingerprint density at radius 1 is 1.50 bits per heavy atom. The second-order valence-electron chi connectivity index (χ2n) is 3.64. The van der Waals surface area contributed by atoms with Crippen LogP contribution in [0.3, 0.4) is 0 Å². The van der Waals surface area contributed by atoms with Crippen LogP contribution in [-0.4, -0.2) is 23.5 Å². The van der Waals surface area contributed by atoms with Gasteiger partial charge in [-0.1, -0.05) is 0 Å². The standard InChI is InChI=1S/C7H13N3O.ClH/c8-4-3-5(4)10-6(11)7(9)1-2-7;/h4-5H,1-3,8-9H2,(H,10,11);1H. The van der Waals surface area contributed by atoms with Crippen LogP contribution in [0.2, 0.25) is 0 Å². The summed E-state index contributed by atoms with van der Waals surface area (Å²) in [5, 5.41) is 2.82. The average molecular weight is 192 g/mol. The zero-order valence-electron chi connectivity index (χ0n) is 6.75. The summed E-state index contributed by atoms with van der Waals surface area (Å²) >= 11 is 0. The first-order valence-corrected chi connectivity index (χ1v) is 3.97. The fraction of sp³-hybridized carbons (Fsp3) is 0.857. The van der Waals surface area contributed by atoms with E-state index in [-0.39, 0.29) is 30.4 Å². The number of hydrogen-bond donors (Lipinski definition) is 3. The molecule has 0 saturated heterocycles. The molecule has 0 heterocycles. The maximum Gasteiger partial charge on any atom is 0.240 e. The highest BCUT2D eigenvalue weighted by molar-refractivity contribution is 5.89. The van der Waals surface area contributed by atoms with Gasteiger partial charge >= 0.3 is 0 Å². The molecular formula is C7H14ClN3O. The zero-order valence-corrected chi connectivity index (χ0v) is 7.56. The van der Waals surface area contributed by atoms with E-state index >= 15 is 0 Å². The minimum Gasteiger partial charge on any atom is -0.350 e. The molecule has 5 heteroatoms. The number of nitrogens with two attached hydrogens (primary N) is 2. The van der Waals surface area contributed by atoms with Crippen LogP contribution in [0.15, 0.2) is 0 Å². The summed E-state index contributed by atoms with van der Waals surface area (Å²) in [6, 6.07) is 0.366. The Balaban J connectivity index is 0.000000720. The van der Waals surface area contributed by atoms with E-state index < -0.39 is 5.54 Å². The summed E-state index contributed by atoms with van der Waals surface area (Å²) < 4.78 is 0. The Morgan fingerprint density at radius 2 is 2.00 bits per heavy atom. The number of amides is 1. The van der Waals surface area contributed by atoms with E-state index in [1.807, 2.05) is 0 Å². The monoisotopic (exact) mass is 191 g/mol. The van der Waals surface area contributed by atoms with Crippen LogP contribution >= 0.6 is 12.4 Å². The summed E-state index contributed by atoms with van der Waals surface area (Å²) in [5.74, 6) is -0.0181. The Kier molecular flexibility index (Phi) is 2.33. The van der Waals surface area contributed by atoms with Crippen molar-refractivity contribution in [2.75, 3.05) is 0 Å². The molecule has 0 spiro atoms. The van der Waals surface area contributed by atoms with Crippen LogP contribution in [-0.2, 0) is 4.79 Å². The number of rotatable bonds is 2. The van der Waals surface area contributed by atoms with Gasteiger partial charge in [-0.3, -0.25) is 4.79 Å². The van der Waals surface area contributed by atoms with Crippen LogP contribution in [0.1, 0.15) is 19.3 Å². The van der Waals surface area contributed by atoms with Crippen LogP contribution < -0.4 is 16.8 Å². The molecule has 2 atom stereocenters. The molecule has 0 aromatic rings. The Hall–Kier alpha value is -0.320. The Morgan fingerprint density at radius 3 is 2.33 bits per heavy atom. The summed E-state index contributed by atoms with van der Waals surface area (Å²) in [6.45, 7) is 0. The topological polar surface area (TPSA) is 81.1 Å². The van der Waals surface area contributed by atoms with Crippen molar-refractivity contribution < 1.29 is 4.79 Å². The van der Waals surface area contributed by atoms with Gasteiger partial charge in [0.2, 0.25) is 5.91 Å². The number of carbonyl (C=O) groups is 1. The molecule has 4 nitrogen and oxygen atoms in total. The third-order valence-electron chi connectivity index (χ3n) is 2.40. The second kappa shape index (κ2) is 2.87. The van der Waals surface area contributed by atoms with Crippen LogP contribution in [0.25, 0.3) is 0 Å². The molecular weight excluding hydrogens is 178 g/mol. The molecule has 2 unspecified atom stereocenters. The van der Waals surface area contributed by atoms with Gasteiger partial charge in [-0.2, -0.15) is 0 Å². The molecule has 2 aliphatic carbocycles. The summed E-state index contributed by atoms with van der Waals surface area (Å²) in [5.41, 5.74) is 10.6. The zero-order chi connectivity index (χ0) is 8.06. The third kappa shape index (κ3) is 1.71. The molecule has 5 N–H and O–H groups in total. The molecule has 0 aliphatic heterocycles. The molecule has 2 rings (SSSR count). The maximum absolute atomic E-state index is 11.2. The van der Waals surface area contributed by atoms with E-state index in [0.29, 0.717) is 0 Å². The fourth-order valence-corrected chi connectivity index (χ4v) is 1.05. The van der Waals surface area contributed by atoms with Gasteiger partial charge in [0.05, 0.1) is 5.54 Å². The minimum absolute atomic E-state index is 0. The molecule has 0 bridgehead atoms. The molecule has 12 heavy (non-hydrogen) atoms. The maximum atomic E-state index is 11.2. The van der Waals surface area contributed by atoms with E-state index in [1.165, 1.54) is 0 Å². The lowest BCUT2D eigenvalue weighted by atomic mass is 10.3. The minimum atomic E-state index is -0.539. The summed E-state index contributed by atoms with van der Waals surface area (Å²) in [7, 11) is 0. The first-order chi connectivity index (χ1) is 5.12. The highest BCUT2D eigenvalue weighted by Crippen LogP contribution is 2.33. The Labute approximate surface area is 77.5 Å². The van der Waals surface area contributed by atoms with Crippen molar-refractivity contribution in [2.24, 2.45) is 11.5 Å².